The highest BCUT2D eigenvalue weighted by molar-refractivity contribution is 5.37. The van der Waals surface area contributed by atoms with E-state index in [0.717, 1.165) is 12.1 Å². The summed E-state index contributed by atoms with van der Waals surface area (Å²) in [5, 5.41) is 10.2. The zero-order valence-corrected chi connectivity index (χ0v) is 6.94. The summed E-state index contributed by atoms with van der Waals surface area (Å²) in [5.41, 5.74) is -0.208. The molecule has 0 radical (unpaired) electrons. The van der Waals surface area contributed by atoms with Gasteiger partial charge in [0.2, 0.25) is 11.9 Å². The molecule has 5 nitrogen and oxygen atoms in total. The Labute approximate surface area is 78.0 Å². The van der Waals surface area contributed by atoms with Crippen molar-refractivity contribution < 1.29 is 14.1 Å². The molecule has 1 aromatic rings. The van der Waals surface area contributed by atoms with Crippen LogP contribution in [0.3, 0.4) is 0 Å². The lowest BCUT2D eigenvalue weighted by molar-refractivity contribution is -0.387. The van der Waals surface area contributed by atoms with Gasteiger partial charge in [-0.1, -0.05) is 6.07 Å². The Morgan fingerprint density at radius 2 is 2.29 bits per heavy atom. The predicted octanol–water partition coefficient (Wildman–Crippen LogP) is 1.57. The van der Waals surface area contributed by atoms with Gasteiger partial charge in [-0.2, -0.15) is 4.39 Å². The van der Waals surface area contributed by atoms with E-state index in [2.05, 4.69) is 4.99 Å². The number of nitro groups is 1. The second-order valence-electron chi connectivity index (χ2n) is 2.45. The maximum Gasteiger partial charge on any atom is 0.304 e. The highest BCUT2D eigenvalue weighted by atomic mass is 19.1. The van der Waals surface area contributed by atoms with Crippen LogP contribution in [0, 0.1) is 15.9 Å². The Kier molecular flexibility index (Phi) is 3.04. The van der Waals surface area contributed by atoms with Gasteiger partial charge in [0.1, 0.15) is 0 Å². The summed E-state index contributed by atoms with van der Waals surface area (Å²) in [5.74, 6) is -0.936. The average Bonchev–Trinajstić information content (AvgIpc) is 2.14. The Morgan fingerprint density at radius 1 is 1.57 bits per heavy atom. The molecule has 0 N–H and O–H groups in total. The number of hydrogen-bond acceptors (Lipinski definition) is 4. The number of benzene rings is 1. The Bertz CT molecular complexity index is 413. The molecule has 0 saturated heterocycles. The van der Waals surface area contributed by atoms with Gasteiger partial charge in [0.15, 0.2) is 0 Å². The average molecular weight is 196 g/mol. The molecule has 0 amide bonds. The second-order valence-corrected chi connectivity index (χ2v) is 2.45. The number of hydrogen-bond donors (Lipinski definition) is 0. The number of halogens is 1. The SMILES string of the molecule is O=C=NCc1ccc([N+](=O)[O-])c(F)c1. The molecular weight excluding hydrogens is 191 g/mol. The number of rotatable bonds is 3. The van der Waals surface area contributed by atoms with Crippen molar-refractivity contribution in [3.63, 3.8) is 0 Å². The molecule has 0 aliphatic carbocycles. The molecule has 6 heteroatoms. The van der Waals surface area contributed by atoms with Crippen LogP contribution in [0.4, 0.5) is 10.1 Å². The second kappa shape index (κ2) is 4.25. The van der Waals surface area contributed by atoms with Gasteiger partial charge in [0.25, 0.3) is 0 Å². The molecule has 0 unspecified atom stereocenters. The molecule has 0 heterocycles. The van der Waals surface area contributed by atoms with Crippen LogP contribution >= 0.6 is 0 Å². The molecule has 72 valence electrons. The molecule has 0 bridgehead atoms. The van der Waals surface area contributed by atoms with E-state index in [4.69, 9.17) is 0 Å². The van der Waals surface area contributed by atoms with Crippen molar-refractivity contribution in [2.24, 2.45) is 4.99 Å². The zero-order chi connectivity index (χ0) is 10.6. The van der Waals surface area contributed by atoms with Crippen molar-refractivity contribution in [2.75, 3.05) is 0 Å². The van der Waals surface area contributed by atoms with Crippen LogP contribution in [0.5, 0.6) is 0 Å². The highest BCUT2D eigenvalue weighted by Crippen LogP contribution is 2.18. The van der Waals surface area contributed by atoms with E-state index in [0.29, 0.717) is 5.56 Å². The van der Waals surface area contributed by atoms with Gasteiger partial charge in [-0.05, 0) is 11.6 Å². The summed E-state index contributed by atoms with van der Waals surface area (Å²) >= 11 is 0. The first kappa shape index (κ1) is 10.0. The minimum atomic E-state index is -0.936. The Morgan fingerprint density at radius 3 is 2.79 bits per heavy atom. The first-order chi connectivity index (χ1) is 6.65. The molecule has 1 rings (SSSR count). The largest absolute Gasteiger partial charge is 0.304 e. The fraction of sp³-hybridized carbons (Fsp3) is 0.125. The molecule has 0 aromatic heterocycles. The number of isocyanates is 1. The van der Waals surface area contributed by atoms with Crippen LogP contribution in [0.1, 0.15) is 5.56 Å². The van der Waals surface area contributed by atoms with E-state index in [1.54, 1.807) is 0 Å². The van der Waals surface area contributed by atoms with Crippen molar-refractivity contribution in [3.05, 3.63) is 39.7 Å². The number of nitrogens with zero attached hydrogens (tertiary/aromatic N) is 2. The summed E-state index contributed by atoms with van der Waals surface area (Å²) in [7, 11) is 0. The van der Waals surface area contributed by atoms with Gasteiger partial charge in [-0.15, -0.1) is 0 Å². The minimum absolute atomic E-state index is 0.0294. The van der Waals surface area contributed by atoms with E-state index in [1.165, 1.54) is 12.1 Å². The van der Waals surface area contributed by atoms with Gasteiger partial charge in [0.05, 0.1) is 11.5 Å². The van der Waals surface area contributed by atoms with Crippen molar-refractivity contribution in [3.8, 4) is 0 Å². The fourth-order valence-electron chi connectivity index (χ4n) is 0.920. The lowest BCUT2D eigenvalue weighted by atomic mass is 10.2. The van der Waals surface area contributed by atoms with Crippen molar-refractivity contribution in [1.29, 1.82) is 0 Å². The third kappa shape index (κ3) is 2.21. The van der Waals surface area contributed by atoms with Crippen LogP contribution < -0.4 is 0 Å². The molecule has 0 atom stereocenters. The van der Waals surface area contributed by atoms with Crippen LogP contribution in [0.2, 0.25) is 0 Å². The zero-order valence-electron chi connectivity index (χ0n) is 6.94. The third-order valence-corrected chi connectivity index (χ3v) is 1.53. The lowest BCUT2D eigenvalue weighted by Gasteiger charge is -1.96. The summed E-state index contributed by atoms with van der Waals surface area (Å²) in [4.78, 5) is 22.4. The molecule has 0 aliphatic rings. The molecule has 1 aromatic carbocycles. The predicted molar refractivity (Wildman–Crippen MR) is 44.9 cm³/mol. The van der Waals surface area contributed by atoms with E-state index in [9.17, 15) is 19.3 Å². The van der Waals surface area contributed by atoms with E-state index >= 15 is 0 Å². The van der Waals surface area contributed by atoms with Crippen LogP contribution in [0.15, 0.2) is 23.2 Å². The normalized spacial score (nSPS) is 9.21. The quantitative estimate of drug-likeness (QED) is 0.318. The maximum absolute atomic E-state index is 12.9. The van der Waals surface area contributed by atoms with Crippen molar-refractivity contribution in [1.82, 2.24) is 0 Å². The number of nitro benzene ring substituents is 1. The van der Waals surface area contributed by atoms with Crippen LogP contribution in [0.25, 0.3) is 0 Å². The fourth-order valence-corrected chi connectivity index (χ4v) is 0.920. The van der Waals surface area contributed by atoms with Gasteiger partial charge >= 0.3 is 5.69 Å². The first-order valence-corrected chi connectivity index (χ1v) is 3.61. The third-order valence-electron chi connectivity index (χ3n) is 1.53. The lowest BCUT2D eigenvalue weighted by Crippen LogP contribution is -1.93. The standard InChI is InChI=1S/C8H5FN2O3/c9-7-3-6(4-10-5-12)1-2-8(7)11(13)14/h1-3H,4H2. The molecule has 0 aliphatic heterocycles. The van der Waals surface area contributed by atoms with E-state index in [1.807, 2.05) is 0 Å². The van der Waals surface area contributed by atoms with Crippen LogP contribution in [-0.2, 0) is 11.3 Å². The monoisotopic (exact) mass is 196 g/mol. The first-order valence-electron chi connectivity index (χ1n) is 3.61. The topological polar surface area (TPSA) is 72.6 Å². The van der Waals surface area contributed by atoms with Gasteiger partial charge < -0.3 is 0 Å². The summed E-state index contributed by atoms with van der Waals surface area (Å²) in [6.45, 7) is -0.0294. The summed E-state index contributed by atoms with van der Waals surface area (Å²) < 4.78 is 12.9. The van der Waals surface area contributed by atoms with Gasteiger partial charge in [-0.3, -0.25) is 10.1 Å². The number of aliphatic imine (C=N–C) groups is 1. The number of carbonyl (C=O) groups excluding carboxylic acids is 1. The minimum Gasteiger partial charge on any atom is -0.258 e. The van der Waals surface area contributed by atoms with Crippen LogP contribution in [-0.4, -0.2) is 11.0 Å². The van der Waals surface area contributed by atoms with Gasteiger partial charge in [-0.25, -0.2) is 9.79 Å². The summed E-state index contributed by atoms with van der Waals surface area (Å²) in [6.07, 6.45) is 1.29. The molecule has 14 heavy (non-hydrogen) atoms. The van der Waals surface area contributed by atoms with Crippen molar-refractivity contribution >= 4 is 11.8 Å². The maximum atomic E-state index is 12.9. The van der Waals surface area contributed by atoms with E-state index in [-0.39, 0.29) is 6.54 Å². The smallest absolute Gasteiger partial charge is 0.258 e. The molecule has 0 spiro atoms. The molecule has 0 saturated carbocycles. The Hall–Kier alpha value is -2.07. The van der Waals surface area contributed by atoms with E-state index < -0.39 is 16.4 Å². The summed E-state index contributed by atoms with van der Waals surface area (Å²) in [6, 6.07) is 3.34. The molecule has 0 fully saturated rings. The van der Waals surface area contributed by atoms with Gasteiger partial charge in [0, 0.05) is 6.07 Å². The Balaban J connectivity index is 3.00. The highest BCUT2D eigenvalue weighted by Gasteiger charge is 2.13. The van der Waals surface area contributed by atoms with Crippen molar-refractivity contribution in [2.45, 2.75) is 6.54 Å². The molecular formula is C8H5FN2O3.